The Hall–Kier alpha value is -0.0800. The highest BCUT2D eigenvalue weighted by molar-refractivity contribution is 4.89. The lowest BCUT2D eigenvalue weighted by molar-refractivity contribution is 0.111. The first-order valence-corrected chi connectivity index (χ1v) is 7.55. The Labute approximate surface area is 107 Å². The molecule has 2 nitrogen and oxygen atoms in total. The van der Waals surface area contributed by atoms with Gasteiger partial charge in [-0.2, -0.15) is 0 Å². The lowest BCUT2D eigenvalue weighted by Crippen LogP contribution is -2.44. The summed E-state index contributed by atoms with van der Waals surface area (Å²) in [6.07, 6.45) is 8.70. The van der Waals surface area contributed by atoms with Crippen molar-refractivity contribution in [2.45, 2.75) is 70.9 Å². The molecule has 2 rings (SSSR count). The average Bonchev–Trinajstić information content (AvgIpc) is 2.71. The molecule has 2 heteroatoms. The van der Waals surface area contributed by atoms with Crippen LogP contribution in [0.5, 0.6) is 0 Å². The molecule has 17 heavy (non-hydrogen) atoms. The highest BCUT2D eigenvalue weighted by Gasteiger charge is 2.34. The second-order valence-corrected chi connectivity index (χ2v) is 6.97. The Morgan fingerprint density at radius 2 is 1.88 bits per heavy atom. The summed E-state index contributed by atoms with van der Waals surface area (Å²) in [6.45, 7) is 10.6. The number of rotatable bonds is 4. The maximum Gasteiger partial charge on any atom is 0.0123 e. The van der Waals surface area contributed by atoms with Crippen LogP contribution in [0.25, 0.3) is 0 Å². The average molecular weight is 238 g/mol. The zero-order valence-corrected chi connectivity index (χ0v) is 12.0. The van der Waals surface area contributed by atoms with Gasteiger partial charge in [-0.05, 0) is 78.4 Å². The summed E-state index contributed by atoms with van der Waals surface area (Å²) in [5.74, 6) is 1.04. The smallest absolute Gasteiger partial charge is 0.0123 e. The first-order chi connectivity index (χ1) is 8.06. The van der Waals surface area contributed by atoms with E-state index in [1.807, 2.05) is 0 Å². The number of hydrogen-bond acceptors (Lipinski definition) is 2. The zero-order valence-electron chi connectivity index (χ0n) is 12.0. The maximum atomic E-state index is 3.59. The molecule has 0 radical (unpaired) electrons. The molecule has 1 heterocycles. The van der Waals surface area contributed by atoms with E-state index >= 15 is 0 Å². The van der Waals surface area contributed by atoms with Gasteiger partial charge < -0.3 is 10.2 Å². The van der Waals surface area contributed by atoms with Crippen LogP contribution >= 0.6 is 0 Å². The van der Waals surface area contributed by atoms with Crippen molar-refractivity contribution in [2.24, 2.45) is 5.92 Å². The molecule has 100 valence electrons. The van der Waals surface area contributed by atoms with Gasteiger partial charge in [0.2, 0.25) is 0 Å². The molecule has 0 bridgehead atoms. The third-order valence-corrected chi connectivity index (χ3v) is 4.39. The SMILES string of the molecule is CC(C)(C)NCCCN1CCCC2CCCC21. The van der Waals surface area contributed by atoms with Crippen molar-refractivity contribution in [2.75, 3.05) is 19.6 Å². The van der Waals surface area contributed by atoms with E-state index in [1.54, 1.807) is 0 Å². The van der Waals surface area contributed by atoms with E-state index in [2.05, 4.69) is 31.0 Å². The van der Waals surface area contributed by atoms with Gasteiger partial charge in [-0.15, -0.1) is 0 Å². The van der Waals surface area contributed by atoms with Crippen molar-refractivity contribution >= 4 is 0 Å². The van der Waals surface area contributed by atoms with Crippen LogP contribution in [-0.2, 0) is 0 Å². The van der Waals surface area contributed by atoms with Crippen LogP contribution in [0.1, 0.15) is 59.3 Å². The topological polar surface area (TPSA) is 15.3 Å². The summed E-state index contributed by atoms with van der Waals surface area (Å²) in [6, 6.07) is 0.943. The zero-order chi connectivity index (χ0) is 12.3. The van der Waals surface area contributed by atoms with Gasteiger partial charge >= 0.3 is 0 Å². The minimum Gasteiger partial charge on any atom is -0.312 e. The van der Waals surface area contributed by atoms with Gasteiger partial charge in [0, 0.05) is 11.6 Å². The summed E-state index contributed by atoms with van der Waals surface area (Å²) in [7, 11) is 0. The normalized spacial score (nSPS) is 30.5. The molecule has 2 unspecified atom stereocenters. The predicted molar refractivity (Wildman–Crippen MR) is 74.3 cm³/mol. The van der Waals surface area contributed by atoms with Gasteiger partial charge in [0.05, 0.1) is 0 Å². The van der Waals surface area contributed by atoms with Gasteiger partial charge in [-0.3, -0.25) is 0 Å². The van der Waals surface area contributed by atoms with Crippen molar-refractivity contribution in [1.29, 1.82) is 0 Å². The minimum absolute atomic E-state index is 0.276. The van der Waals surface area contributed by atoms with Crippen molar-refractivity contribution in [3.8, 4) is 0 Å². The van der Waals surface area contributed by atoms with E-state index in [9.17, 15) is 0 Å². The molecular formula is C15H30N2. The minimum atomic E-state index is 0.276. The molecule has 1 saturated heterocycles. The molecule has 1 saturated carbocycles. The summed E-state index contributed by atoms with van der Waals surface area (Å²) in [5, 5.41) is 3.59. The maximum absolute atomic E-state index is 3.59. The molecule has 0 amide bonds. The second-order valence-electron chi connectivity index (χ2n) is 6.97. The fraction of sp³-hybridized carbons (Fsp3) is 1.00. The Bertz CT molecular complexity index is 232. The van der Waals surface area contributed by atoms with E-state index in [0.29, 0.717) is 0 Å². The third kappa shape index (κ3) is 3.96. The van der Waals surface area contributed by atoms with Crippen LogP contribution in [0.15, 0.2) is 0 Å². The van der Waals surface area contributed by atoms with Crippen LogP contribution in [-0.4, -0.2) is 36.1 Å². The summed E-state index contributed by atoms with van der Waals surface area (Å²) >= 11 is 0. The number of fused-ring (bicyclic) bond motifs is 1. The lowest BCUT2D eigenvalue weighted by Gasteiger charge is -2.38. The molecule has 2 fully saturated rings. The fourth-order valence-electron chi connectivity index (χ4n) is 3.58. The first kappa shape index (κ1) is 13.4. The highest BCUT2D eigenvalue weighted by Crippen LogP contribution is 2.36. The largest absolute Gasteiger partial charge is 0.312 e. The molecule has 1 aliphatic heterocycles. The van der Waals surface area contributed by atoms with Gasteiger partial charge in [-0.1, -0.05) is 6.42 Å². The van der Waals surface area contributed by atoms with Gasteiger partial charge in [-0.25, -0.2) is 0 Å². The van der Waals surface area contributed by atoms with Gasteiger partial charge in [0.25, 0.3) is 0 Å². The van der Waals surface area contributed by atoms with Crippen LogP contribution in [0, 0.1) is 5.92 Å². The summed E-state index contributed by atoms with van der Waals surface area (Å²) in [4.78, 5) is 2.78. The Morgan fingerprint density at radius 1 is 1.12 bits per heavy atom. The standard InChI is InChI=1S/C15H30N2/c1-15(2,3)16-10-6-12-17-11-5-8-13-7-4-9-14(13)17/h13-14,16H,4-12H2,1-3H3. The molecule has 1 aliphatic carbocycles. The molecule has 2 atom stereocenters. The second kappa shape index (κ2) is 5.71. The van der Waals surface area contributed by atoms with E-state index < -0.39 is 0 Å². The molecule has 0 spiro atoms. The summed E-state index contributed by atoms with van der Waals surface area (Å²) in [5.41, 5.74) is 0.276. The molecule has 1 N–H and O–H groups in total. The lowest BCUT2D eigenvalue weighted by atomic mass is 9.92. The predicted octanol–water partition coefficient (Wildman–Crippen LogP) is 3.03. The van der Waals surface area contributed by atoms with E-state index in [0.717, 1.165) is 18.5 Å². The fourth-order valence-corrected chi connectivity index (χ4v) is 3.58. The Morgan fingerprint density at radius 3 is 2.65 bits per heavy atom. The van der Waals surface area contributed by atoms with Crippen molar-refractivity contribution in [1.82, 2.24) is 10.2 Å². The van der Waals surface area contributed by atoms with E-state index in [4.69, 9.17) is 0 Å². The number of hydrogen-bond donors (Lipinski definition) is 1. The number of piperidine rings is 1. The number of nitrogens with one attached hydrogen (secondary N) is 1. The first-order valence-electron chi connectivity index (χ1n) is 7.55. The molecule has 0 aromatic carbocycles. The third-order valence-electron chi connectivity index (χ3n) is 4.39. The number of likely N-dealkylation sites (tertiary alicyclic amines) is 1. The Balaban J connectivity index is 1.68. The van der Waals surface area contributed by atoms with Crippen LogP contribution in [0.4, 0.5) is 0 Å². The van der Waals surface area contributed by atoms with Gasteiger partial charge in [0.15, 0.2) is 0 Å². The molecule has 0 aromatic heterocycles. The van der Waals surface area contributed by atoms with Crippen molar-refractivity contribution in [3.05, 3.63) is 0 Å². The Kier molecular flexibility index (Phi) is 4.48. The van der Waals surface area contributed by atoms with Gasteiger partial charge in [0.1, 0.15) is 0 Å². The van der Waals surface area contributed by atoms with E-state index in [-0.39, 0.29) is 5.54 Å². The van der Waals surface area contributed by atoms with E-state index in [1.165, 1.54) is 51.6 Å². The van der Waals surface area contributed by atoms with Crippen LogP contribution < -0.4 is 5.32 Å². The van der Waals surface area contributed by atoms with Crippen molar-refractivity contribution < 1.29 is 0 Å². The quantitative estimate of drug-likeness (QED) is 0.757. The molecule has 0 aromatic rings. The molecule has 2 aliphatic rings. The summed E-state index contributed by atoms with van der Waals surface area (Å²) < 4.78 is 0. The monoisotopic (exact) mass is 238 g/mol. The van der Waals surface area contributed by atoms with Crippen LogP contribution in [0.2, 0.25) is 0 Å². The number of nitrogens with zero attached hydrogens (tertiary/aromatic N) is 1. The van der Waals surface area contributed by atoms with Crippen LogP contribution in [0.3, 0.4) is 0 Å². The van der Waals surface area contributed by atoms with Crippen molar-refractivity contribution in [3.63, 3.8) is 0 Å². The highest BCUT2D eigenvalue weighted by atomic mass is 15.2. The molecular weight excluding hydrogens is 208 g/mol.